The number of aromatic nitrogens is 2. The standard InChI is InChI=1S/C25H26N4O2/c30-24(27-12-5-2-6-13-27)22-17-23-25(31)28(14-15-29(23)26-22)18-19-8-7-11-21(16-19)20-9-3-1-4-10-20/h1,3-4,7-11,16-17H,2,5-6,12-15,18H2. The number of amides is 2. The predicted octanol–water partition coefficient (Wildman–Crippen LogP) is 3.83. The number of fused-ring (bicyclic) bond motifs is 1. The van der Waals surface area contributed by atoms with Gasteiger partial charge in [0.1, 0.15) is 5.69 Å². The highest BCUT2D eigenvalue weighted by atomic mass is 16.2. The Labute approximate surface area is 182 Å². The number of rotatable bonds is 4. The molecule has 1 saturated heterocycles. The number of hydrogen-bond donors (Lipinski definition) is 0. The van der Waals surface area contributed by atoms with Gasteiger partial charge in [0.05, 0.1) is 6.54 Å². The molecular formula is C25H26N4O2. The Morgan fingerprint density at radius 3 is 2.42 bits per heavy atom. The van der Waals surface area contributed by atoms with Crippen molar-refractivity contribution in [2.45, 2.75) is 32.4 Å². The summed E-state index contributed by atoms with van der Waals surface area (Å²) < 4.78 is 1.69. The predicted molar refractivity (Wildman–Crippen MR) is 119 cm³/mol. The van der Waals surface area contributed by atoms with E-state index in [1.54, 1.807) is 10.7 Å². The van der Waals surface area contributed by atoms with Crippen LogP contribution in [0.2, 0.25) is 0 Å². The van der Waals surface area contributed by atoms with Gasteiger partial charge < -0.3 is 9.80 Å². The van der Waals surface area contributed by atoms with E-state index in [0.29, 0.717) is 31.0 Å². The molecule has 0 saturated carbocycles. The summed E-state index contributed by atoms with van der Waals surface area (Å²) >= 11 is 0. The third-order valence-corrected chi connectivity index (χ3v) is 6.14. The number of carbonyl (C=O) groups excluding carboxylic acids is 2. The fraction of sp³-hybridized carbons (Fsp3) is 0.320. The zero-order valence-corrected chi connectivity index (χ0v) is 17.5. The summed E-state index contributed by atoms with van der Waals surface area (Å²) in [5, 5.41) is 4.45. The molecular weight excluding hydrogens is 388 g/mol. The van der Waals surface area contributed by atoms with Gasteiger partial charge in [-0.05, 0) is 42.0 Å². The Morgan fingerprint density at radius 1 is 0.839 bits per heavy atom. The summed E-state index contributed by atoms with van der Waals surface area (Å²) in [5.74, 6) is -0.127. The number of nitrogens with zero attached hydrogens (tertiary/aromatic N) is 4. The van der Waals surface area contributed by atoms with E-state index >= 15 is 0 Å². The van der Waals surface area contributed by atoms with E-state index in [9.17, 15) is 9.59 Å². The summed E-state index contributed by atoms with van der Waals surface area (Å²) in [5.41, 5.74) is 4.28. The van der Waals surface area contributed by atoms with Crippen LogP contribution in [0.25, 0.3) is 11.1 Å². The molecule has 3 heterocycles. The molecule has 2 amide bonds. The topological polar surface area (TPSA) is 58.4 Å². The van der Waals surface area contributed by atoms with Gasteiger partial charge >= 0.3 is 0 Å². The maximum Gasteiger partial charge on any atom is 0.274 e. The fourth-order valence-corrected chi connectivity index (χ4v) is 4.45. The van der Waals surface area contributed by atoms with Crippen LogP contribution in [0, 0.1) is 0 Å². The minimum Gasteiger partial charge on any atom is -0.337 e. The normalized spacial score (nSPS) is 16.3. The lowest BCUT2D eigenvalue weighted by atomic mass is 10.0. The average molecular weight is 415 g/mol. The maximum absolute atomic E-state index is 13.1. The van der Waals surface area contributed by atoms with Gasteiger partial charge in [0.2, 0.25) is 0 Å². The van der Waals surface area contributed by atoms with E-state index in [1.165, 1.54) is 6.42 Å². The van der Waals surface area contributed by atoms with Crippen LogP contribution < -0.4 is 0 Å². The molecule has 1 fully saturated rings. The molecule has 31 heavy (non-hydrogen) atoms. The fourth-order valence-electron chi connectivity index (χ4n) is 4.45. The van der Waals surface area contributed by atoms with Crippen molar-refractivity contribution in [3.05, 3.63) is 77.6 Å². The summed E-state index contributed by atoms with van der Waals surface area (Å²) in [4.78, 5) is 29.6. The molecule has 0 N–H and O–H groups in total. The Balaban J connectivity index is 1.32. The number of benzene rings is 2. The molecule has 0 atom stereocenters. The van der Waals surface area contributed by atoms with Gasteiger partial charge in [0, 0.05) is 32.2 Å². The van der Waals surface area contributed by atoms with E-state index in [-0.39, 0.29) is 11.8 Å². The monoisotopic (exact) mass is 414 g/mol. The number of piperidine rings is 1. The summed E-state index contributed by atoms with van der Waals surface area (Å²) in [6, 6.07) is 20.2. The van der Waals surface area contributed by atoms with Crippen molar-refractivity contribution in [2.24, 2.45) is 0 Å². The van der Waals surface area contributed by atoms with Gasteiger partial charge in [-0.2, -0.15) is 5.10 Å². The van der Waals surface area contributed by atoms with Gasteiger partial charge in [0.25, 0.3) is 11.8 Å². The summed E-state index contributed by atoms with van der Waals surface area (Å²) in [6.45, 7) is 3.28. The van der Waals surface area contributed by atoms with Crippen LogP contribution in [-0.4, -0.2) is 51.0 Å². The van der Waals surface area contributed by atoms with Crippen LogP contribution in [0.3, 0.4) is 0 Å². The Hall–Kier alpha value is -3.41. The molecule has 1 aromatic heterocycles. The summed E-state index contributed by atoms with van der Waals surface area (Å²) in [6.07, 6.45) is 3.24. The lowest BCUT2D eigenvalue weighted by molar-refractivity contribution is 0.0679. The molecule has 3 aromatic rings. The van der Waals surface area contributed by atoms with Crippen LogP contribution in [-0.2, 0) is 13.1 Å². The minimum absolute atomic E-state index is 0.0588. The minimum atomic E-state index is -0.0680. The second kappa shape index (κ2) is 8.38. The quantitative estimate of drug-likeness (QED) is 0.652. The van der Waals surface area contributed by atoms with Crippen molar-refractivity contribution < 1.29 is 9.59 Å². The van der Waals surface area contributed by atoms with Crippen molar-refractivity contribution >= 4 is 11.8 Å². The molecule has 6 heteroatoms. The van der Waals surface area contributed by atoms with E-state index in [0.717, 1.165) is 42.6 Å². The Bertz CT molecular complexity index is 1100. The van der Waals surface area contributed by atoms with Gasteiger partial charge in [0.15, 0.2) is 5.69 Å². The maximum atomic E-state index is 13.1. The smallest absolute Gasteiger partial charge is 0.274 e. The second-order valence-electron chi connectivity index (χ2n) is 8.28. The largest absolute Gasteiger partial charge is 0.337 e. The van der Waals surface area contributed by atoms with Crippen LogP contribution in [0.5, 0.6) is 0 Å². The molecule has 0 radical (unpaired) electrons. The van der Waals surface area contributed by atoms with Crippen LogP contribution >= 0.6 is 0 Å². The number of hydrogen-bond acceptors (Lipinski definition) is 3. The highest BCUT2D eigenvalue weighted by Gasteiger charge is 2.29. The third-order valence-electron chi connectivity index (χ3n) is 6.14. The Kier molecular flexibility index (Phi) is 5.28. The molecule has 2 aliphatic heterocycles. The lowest BCUT2D eigenvalue weighted by Crippen LogP contribution is -2.39. The van der Waals surface area contributed by atoms with Crippen molar-refractivity contribution in [2.75, 3.05) is 19.6 Å². The van der Waals surface area contributed by atoms with E-state index < -0.39 is 0 Å². The molecule has 0 aliphatic carbocycles. The first-order valence-corrected chi connectivity index (χ1v) is 11.0. The van der Waals surface area contributed by atoms with Crippen molar-refractivity contribution in [1.82, 2.24) is 19.6 Å². The van der Waals surface area contributed by atoms with Gasteiger partial charge in [-0.25, -0.2) is 0 Å². The zero-order valence-electron chi connectivity index (χ0n) is 17.5. The third kappa shape index (κ3) is 3.98. The highest BCUT2D eigenvalue weighted by Crippen LogP contribution is 2.23. The van der Waals surface area contributed by atoms with Gasteiger partial charge in [-0.15, -0.1) is 0 Å². The van der Waals surface area contributed by atoms with Crippen LogP contribution in [0.4, 0.5) is 0 Å². The first-order chi connectivity index (χ1) is 15.2. The molecule has 6 nitrogen and oxygen atoms in total. The molecule has 5 rings (SSSR count). The van der Waals surface area contributed by atoms with E-state index in [4.69, 9.17) is 0 Å². The van der Waals surface area contributed by atoms with Crippen molar-refractivity contribution in [3.8, 4) is 11.1 Å². The molecule has 2 aromatic carbocycles. The summed E-state index contributed by atoms with van der Waals surface area (Å²) in [7, 11) is 0. The Morgan fingerprint density at radius 2 is 1.61 bits per heavy atom. The number of carbonyl (C=O) groups is 2. The van der Waals surface area contributed by atoms with Crippen LogP contribution in [0.15, 0.2) is 60.7 Å². The second-order valence-corrected chi connectivity index (χ2v) is 8.28. The van der Waals surface area contributed by atoms with Crippen molar-refractivity contribution in [1.29, 1.82) is 0 Å². The first kappa shape index (κ1) is 19.5. The van der Waals surface area contributed by atoms with E-state index in [1.807, 2.05) is 34.1 Å². The average Bonchev–Trinajstić information content (AvgIpc) is 3.27. The lowest BCUT2D eigenvalue weighted by Gasteiger charge is -2.27. The molecule has 0 spiro atoms. The first-order valence-electron chi connectivity index (χ1n) is 11.0. The zero-order chi connectivity index (χ0) is 21.2. The SMILES string of the molecule is O=C(c1cc2n(n1)CCN(Cc1cccc(-c3ccccc3)c1)C2=O)N1CCCCC1. The molecule has 0 bridgehead atoms. The highest BCUT2D eigenvalue weighted by molar-refractivity contribution is 5.98. The molecule has 158 valence electrons. The number of likely N-dealkylation sites (tertiary alicyclic amines) is 1. The van der Waals surface area contributed by atoms with Gasteiger partial charge in [-0.1, -0.05) is 48.5 Å². The molecule has 0 unspecified atom stereocenters. The van der Waals surface area contributed by atoms with Crippen LogP contribution in [0.1, 0.15) is 45.8 Å². The molecule has 2 aliphatic rings. The van der Waals surface area contributed by atoms with Gasteiger partial charge in [-0.3, -0.25) is 14.3 Å². The van der Waals surface area contributed by atoms with Crippen molar-refractivity contribution in [3.63, 3.8) is 0 Å². The van der Waals surface area contributed by atoms with E-state index in [2.05, 4.69) is 35.4 Å².